The quantitative estimate of drug-likeness (QED) is 0.776. The van der Waals surface area contributed by atoms with Crippen LogP contribution in [0.5, 0.6) is 0 Å². The van der Waals surface area contributed by atoms with Crippen LogP contribution >= 0.6 is 0 Å². The van der Waals surface area contributed by atoms with Gasteiger partial charge >= 0.3 is 0 Å². The predicted octanol–water partition coefficient (Wildman–Crippen LogP) is 2.78. The molecule has 0 aliphatic carbocycles. The van der Waals surface area contributed by atoms with Crippen LogP contribution < -0.4 is 5.73 Å². The average Bonchev–Trinajstić information content (AvgIpc) is 2.92. The lowest BCUT2D eigenvalue weighted by Crippen LogP contribution is -2.02. The largest absolute Gasteiger partial charge is 0.464 e. The topological polar surface area (TPSA) is 64.9 Å². The van der Waals surface area contributed by atoms with E-state index < -0.39 is 0 Å². The number of fused-ring (bicyclic) bond motifs is 1. The number of aromatic nitrogens is 2. The van der Waals surface area contributed by atoms with Crippen molar-refractivity contribution in [1.82, 2.24) is 9.97 Å². The zero-order chi connectivity index (χ0) is 13.1. The highest BCUT2D eigenvalue weighted by Gasteiger charge is 2.08. The number of pyridine rings is 2. The van der Waals surface area contributed by atoms with Crippen molar-refractivity contribution in [2.75, 3.05) is 6.54 Å². The Kier molecular flexibility index (Phi) is 3.25. The summed E-state index contributed by atoms with van der Waals surface area (Å²) in [6.45, 7) is 0.680. The highest BCUT2D eigenvalue weighted by Crippen LogP contribution is 2.25. The molecule has 3 heterocycles. The van der Waals surface area contributed by atoms with Gasteiger partial charge in [0.15, 0.2) is 0 Å². The number of aryl methyl sites for hydroxylation is 1. The number of furan rings is 1. The molecule has 0 aliphatic heterocycles. The Bertz CT molecular complexity index is 690. The van der Waals surface area contributed by atoms with Gasteiger partial charge in [0.05, 0.1) is 12.0 Å². The molecule has 0 saturated heterocycles. The van der Waals surface area contributed by atoms with E-state index in [1.165, 1.54) is 5.56 Å². The third kappa shape index (κ3) is 2.35. The van der Waals surface area contributed by atoms with Crippen molar-refractivity contribution in [3.63, 3.8) is 0 Å². The van der Waals surface area contributed by atoms with E-state index in [1.807, 2.05) is 30.6 Å². The molecule has 0 amide bonds. The fourth-order valence-electron chi connectivity index (χ4n) is 2.17. The highest BCUT2D eigenvalue weighted by molar-refractivity contribution is 5.80. The molecule has 2 N–H and O–H groups in total. The summed E-state index contributed by atoms with van der Waals surface area (Å²) in [5.74, 6) is 0. The van der Waals surface area contributed by atoms with Gasteiger partial charge in [-0.1, -0.05) is 0 Å². The number of nitrogens with two attached hydrogens (primary N) is 1. The molecule has 0 saturated carbocycles. The number of nitrogens with zero attached hydrogens (tertiary/aromatic N) is 2. The first-order chi connectivity index (χ1) is 9.38. The molecule has 4 nitrogen and oxygen atoms in total. The smallest absolute Gasteiger partial charge is 0.137 e. The van der Waals surface area contributed by atoms with Gasteiger partial charge in [-0.25, -0.2) is 0 Å². The molecule has 0 fully saturated rings. The van der Waals surface area contributed by atoms with Crippen LogP contribution in [-0.2, 0) is 6.42 Å². The summed E-state index contributed by atoms with van der Waals surface area (Å²) in [5.41, 5.74) is 9.61. The maximum Gasteiger partial charge on any atom is 0.137 e. The van der Waals surface area contributed by atoms with E-state index in [9.17, 15) is 0 Å². The van der Waals surface area contributed by atoms with Crippen molar-refractivity contribution in [2.24, 2.45) is 5.73 Å². The van der Waals surface area contributed by atoms with Gasteiger partial charge in [0, 0.05) is 35.6 Å². The van der Waals surface area contributed by atoms with Crippen LogP contribution in [-0.4, -0.2) is 16.5 Å². The van der Waals surface area contributed by atoms with Gasteiger partial charge in [-0.15, -0.1) is 0 Å². The first kappa shape index (κ1) is 11.9. The third-order valence-corrected chi connectivity index (χ3v) is 3.17. The molecule has 0 radical (unpaired) electrons. The minimum absolute atomic E-state index is 0.680. The monoisotopic (exact) mass is 253 g/mol. The zero-order valence-corrected chi connectivity index (χ0v) is 10.5. The van der Waals surface area contributed by atoms with Crippen LogP contribution in [0.3, 0.4) is 0 Å². The Hall–Kier alpha value is -2.20. The van der Waals surface area contributed by atoms with Crippen LogP contribution in [0, 0.1) is 0 Å². The minimum atomic E-state index is 0.680. The van der Waals surface area contributed by atoms with Gasteiger partial charge in [-0.3, -0.25) is 9.97 Å². The molecule has 4 heteroatoms. The maximum absolute atomic E-state index is 5.57. The standard InChI is InChI=1S/C15H15N3O/c16-5-1-2-11-9-17-6-3-13(11)14-8-15-12(10-18-14)4-7-19-15/h3-4,6-10H,1-2,5,16H2. The molecule has 96 valence electrons. The van der Waals surface area contributed by atoms with Crippen molar-refractivity contribution in [3.05, 3.63) is 48.6 Å². The van der Waals surface area contributed by atoms with Gasteiger partial charge in [-0.2, -0.15) is 0 Å². The van der Waals surface area contributed by atoms with Crippen LogP contribution in [0.15, 0.2) is 47.5 Å². The Morgan fingerprint density at radius 2 is 2.16 bits per heavy atom. The lowest BCUT2D eigenvalue weighted by Gasteiger charge is -2.07. The molecule has 0 bridgehead atoms. The number of hydrogen-bond donors (Lipinski definition) is 1. The van der Waals surface area contributed by atoms with Crippen molar-refractivity contribution < 1.29 is 4.42 Å². The molecule has 0 aromatic carbocycles. The lowest BCUT2D eigenvalue weighted by atomic mass is 10.0. The fourth-order valence-corrected chi connectivity index (χ4v) is 2.17. The molecule has 0 spiro atoms. The fraction of sp³-hybridized carbons (Fsp3) is 0.200. The lowest BCUT2D eigenvalue weighted by molar-refractivity contribution is 0.615. The zero-order valence-electron chi connectivity index (χ0n) is 10.5. The van der Waals surface area contributed by atoms with E-state index >= 15 is 0 Å². The van der Waals surface area contributed by atoms with Crippen LogP contribution in [0.2, 0.25) is 0 Å². The second-order valence-electron chi connectivity index (χ2n) is 4.45. The van der Waals surface area contributed by atoms with E-state index in [1.54, 1.807) is 12.5 Å². The van der Waals surface area contributed by atoms with Gasteiger partial charge in [0.1, 0.15) is 5.58 Å². The summed E-state index contributed by atoms with van der Waals surface area (Å²) in [7, 11) is 0. The molecule has 3 aromatic heterocycles. The van der Waals surface area contributed by atoms with Crippen molar-refractivity contribution in [3.8, 4) is 11.3 Å². The molecule has 0 atom stereocenters. The first-order valence-corrected chi connectivity index (χ1v) is 6.35. The molecular formula is C15H15N3O. The average molecular weight is 253 g/mol. The summed E-state index contributed by atoms with van der Waals surface area (Å²) in [6, 6.07) is 5.87. The summed E-state index contributed by atoms with van der Waals surface area (Å²) in [6.07, 6.45) is 9.05. The van der Waals surface area contributed by atoms with E-state index in [0.717, 1.165) is 35.1 Å². The van der Waals surface area contributed by atoms with Gasteiger partial charge in [0.25, 0.3) is 0 Å². The van der Waals surface area contributed by atoms with Crippen molar-refractivity contribution in [1.29, 1.82) is 0 Å². The van der Waals surface area contributed by atoms with E-state index in [2.05, 4.69) is 9.97 Å². The van der Waals surface area contributed by atoms with Crippen LogP contribution in [0.4, 0.5) is 0 Å². The Labute approximate surface area is 111 Å². The maximum atomic E-state index is 5.57. The molecule has 3 rings (SSSR count). The predicted molar refractivity (Wildman–Crippen MR) is 74.6 cm³/mol. The van der Waals surface area contributed by atoms with Gasteiger partial charge < -0.3 is 10.2 Å². The minimum Gasteiger partial charge on any atom is -0.464 e. The van der Waals surface area contributed by atoms with Crippen LogP contribution in [0.1, 0.15) is 12.0 Å². The molecule has 0 aliphatic rings. The van der Waals surface area contributed by atoms with Crippen LogP contribution in [0.25, 0.3) is 22.2 Å². The Morgan fingerprint density at radius 3 is 3.05 bits per heavy atom. The third-order valence-electron chi connectivity index (χ3n) is 3.17. The first-order valence-electron chi connectivity index (χ1n) is 6.35. The van der Waals surface area contributed by atoms with Gasteiger partial charge in [-0.05, 0) is 37.1 Å². The number of rotatable bonds is 4. The second-order valence-corrected chi connectivity index (χ2v) is 4.45. The second kappa shape index (κ2) is 5.20. The van der Waals surface area contributed by atoms with Crippen molar-refractivity contribution >= 4 is 11.0 Å². The van der Waals surface area contributed by atoms with E-state index in [4.69, 9.17) is 10.2 Å². The van der Waals surface area contributed by atoms with Crippen molar-refractivity contribution in [2.45, 2.75) is 12.8 Å². The Balaban J connectivity index is 2.04. The Morgan fingerprint density at radius 1 is 1.21 bits per heavy atom. The summed E-state index contributed by atoms with van der Waals surface area (Å²) in [5, 5.41) is 1.02. The molecule has 3 aromatic rings. The summed E-state index contributed by atoms with van der Waals surface area (Å²) in [4.78, 5) is 8.68. The molecule has 19 heavy (non-hydrogen) atoms. The SMILES string of the molecule is NCCCc1cnccc1-c1cc2occc2cn1. The normalized spacial score (nSPS) is 11.0. The van der Waals surface area contributed by atoms with E-state index in [0.29, 0.717) is 6.54 Å². The summed E-state index contributed by atoms with van der Waals surface area (Å²) < 4.78 is 5.43. The molecule has 0 unspecified atom stereocenters. The summed E-state index contributed by atoms with van der Waals surface area (Å²) >= 11 is 0. The highest BCUT2D eigenvalue weighted by atomic mass is 16.3. The van der Waals surface area contributed by atoms with Gasteiger partial charge in [0.2, 0.25) is 0 Å². The molecular weight excluding hydrogens is 238 g/mol. The number of hydrogen-bond acceptors (Lipinski definition) is 4. The van der Waals surface area contributed by atoms with E-state index in [-0.39, 0.29) is 0 Å².